The Hall–Kier alpha value is -0.290. The van der Waals surface area contributed by atoms with E-state index in [0.717, 1.165) is 15.7 Å². The average molecular weight is 378 g/mol. The SMILES string of the molecule is O=C(NCC1CCCCC1)c1ccc(Cl)cc1I. The van der Waals surface area contributed by atoms with Crippen LogP contribution in [0.4, 0.5) is 0 Å². The summed E-state index contributed by atoms with van der Waals surface area (Å²) in [6.45, 7) is 0.803. The smallest absolute Gasteiger partial charge is 0.252 e. The number of amides is 1. The fraction of sp³-hybridized carbons (Fsp3) is 0.500. The van der Waals surface area contributed by atoms with Crippen molar-refractivity contribution in [1.82, 2.24) is 5.32 Å². The molecule has 1 aromatic carbocycles. The predicted molar refractivity (Wildman–Crippen MR) is 83.1 cm³/mol. The molecule has 0 atom stereocenters. The number of halogens is 2. The Balaban J connectivity index is 1.90. The summed E-state index contributed by atoms with van der Waals surface area (Å²) in [6.07, 6.45) is 6.45. The van der Waals surface area contributed by atoms with E-state index in [0.29, 0.717) is 10.9 Å². The normalized spacial score (nSPS) is 16.6. The molecule has 0 saturated heterocycles. The molecule has 0 heterocycles. The molecule has 1 aromatic rings. The molecule has 0 spiro atoms. The molecule has 0 aliphatic heterocycles. The number of rotatable bonds is 3. The molecule has 18 heavy (non-hydrogen) atoms. The van der Waals surface area contributed by atoms with Gasteiger partial charge in [0.05, 0.1) is 5.56 Å². The Kier molecular flexibility index (Phi) is 5.30. The lowest BCUT2D eigenvalue weighted by molar-refractivity contribution is 0.0942. The first kappa shape index (κ1) is 14.1. The van der Waals surface area contributed by atoms with E-state index in [2.05, 4.69) is 27.9 Å². The standard InChI is InChI=1S/C14H17ClINO/c15-11-6-7-12(13(16)8-11)14(18)17-9-10-4-2-1-3-5-10/h6-8,10H,1-5,9H2,(H,17,18). The van der Waals surface area contributed by atoms with E-state index in [4.69, 9.17) is 11.6 Å². The number of carbonyl (C=O) groups is 1. The molecule has 2 nitrogen and oxygen atoms in total. The fourth-order valence-corrected chi connectivity index (χ4v) is 3.51. The number of benzene rings is 1. The number of carbonyl (C=O) groups excluding carboxylic acids is 1. The molecular formula is C14H17ClINO. The van der Waals surface area contributed by atoms with Crippen molar-refractivity contribution in [2.24, 2.45) is 5.92 Å². The van der Waals surface area contributed by atoms with Crippen molar-refractivity contribution in [3.8, 4) is 0 Å². The molecule has 2 rings (SSSR count). The summed E-state index contributed by atoms with van der Waals surface area (Å²) in [5.74, 6) is 0.675. The van der Waals surface area contributed by atoms with Crippen LogP contribution in [0.2, 0.25) is 5.02 Å². The van der Waals surface area contributed by atoms with Gasteiger partial charge in [-0.15, -0.1) is 0 Å². The van der Waals surface area contributed by atoms with Gasteiger partial charge in [0.25, 0.3) is 5.91 Å². The fourth-order valence-electron chi connectivity index (χ4n) is 2.40. The number of hydrogen-bond acceptors (Lipinski definition) is 1. The predicted octanol–water partition coefficient (Wildman–Crippen LogP) is 4.25. The summed E-state index contributed by atoms with van der Waals surface area (Å²) in [7, 11) is 0. The largest absolute Gasteiger partial charge is 0.352 e. The second-order valence-electron chi connectivity index (χ2n) is 4.84. The third-order valence-corrected chi connectivity index (χ3v) is 4.58. The maximum atomic E-state index is 12.1. The summed E-state index contributed by atoms with van der Waals surface area (Å²) >= 11 is 8.03. The summed E-state index contributed by atoms with van der Waals surface area (Å²) in [5, 5.41) is 3.71. The van der Waals surface area contributed by atoms with Crippen LogP contribution in [-0.2, 0) is 0 Å². The van der Waals surface area contributed by atoms with Crippen molar-refractivity contribution in [3.63, 3.8) is 0 Å². The summed E-state index contributed by atoms with van der Waals surface area (Å²) < 4.78 is 0.904. The lowest BCUT2D eigenvalue weighted by atomic mass is 9.89. The summed E-state index contributed by atoms with van der Waals surface area (Å²) in [6, 6.07) is 5.37. The van der Waals surface area contributed by atoms with Gasteiger partial charge in [-0.1, -0.05) is 30.9 Å². The van der Waals surface area contributed by atoms with Gasteiger partial charge in [0.2, 0.25) is 0 Å². The molecule has 1 aliphatic rings. The van der Waals surface area contributed by atoms with E-state index in [9.17, 15) is 4.79 Å². The van der Waals surface area contributed by atoms with Gasteiger partial charge in [-0.25, -0.2) is 0 Å². The molecule has 1 saturated carbocycles. The highest BCUT2D eigenvalue weighted by Gasteiger charge is 2.16. The quantitative estimate of drug-likeness (QED) is 0.784. The van der Waals surface area contributed by atoms with Crippen LogP contribution in [0.25, 0.3) is 0 Å². The minimum atomic E-state index is 0.0154. The first-order chi connectivity index (χ1) is 8.66. The Bertz CT molecular complexity index is 430. The molecule has 98 valence electrons. The van der Waals surface area contributed by atoms with E-state index in [1.165, 1.54) is 32.1 Å². The molecule has 4 heteroatoms. The zero-order valence-corrected chi connectivity index (χ0v) is 13.1. The Morgan fingerprint density at radius 2 is 2.06 bits per heavy atom. The molecule has 1 N–H and O–H groups in total. The van der Waals surface area contributed by atoms with Gasteiger partial charge in [0, 0.05) is 15.1 Å². The molecular weight excluding hydrogens is 361 g/mol. The third kappa shape index (κ3) is 3.85. The second-order valence-corrected chi connectivity index (χ2v) is 6.44. The highest BCUT2D eigenvalue weighted by Crippen LogP contribution is 2.23. The van der Waals surface area contributed by atoms with Crippen molar-refractivity contribution in [2.75, 3.05) is 6.54 Å². The Morgan fingerprint density at radius 1 is 1.33 bits per heavy atom. The minimum absolute atomic E-state index is 0.0154. The van der Waals surface area contributed by atoms with Gasteiger partial charge in [0.1, 0.15) is 0 Å². The van der Waals surface area contributed by atoms with E-state index in [1.807, 2.05) is 6.07 Å². The third-order valence-electron chi connectivity index (χ3n) is 3.45. The van der Waals surface area contributed by atoms with E-state index in [-0.39, 0.29) is 5.91 Å². The van der Waals surface area contributed by atoms with Crippen LogP contribution in [0.3, 0.4) is 0 Å². The number of hydrogen-bond donors (Lipinski definition) is 1. The molecule has 1 aliphatic carbocycles. The lowest BCUT2D eigenvalue weighted by Crippen LogP contribution is -2.30. The Morgan fingerprint density at radius 3 is 2.72 bits per heavy atom. The van der Waals surface area contributed by atoms with Crippen molar-refractivity contribution < 1.29 is 4.79 Å². The molecule has 0 aromatic heterocycles. The lowest BCUT2D eigenvalue weighted by Gasteiger charge is -2.21. The van der Waals surface area contributed by atoms with Gasteiger partial charge in [-0.3, -0.25) is 4.79 Å². The van der Waals surface area contributed by atoms with Gasteiger partial charge in [0.15, 0.2) is 0 Å². The maximum absolute atomic E-state index is 12.1. The van der Waals surface area contributed by atoms with Crippen molar-refractivity contribution >= 4 is 40.1 Å². The van der Waals surface area contributed by atoms with Crippen LogP contribution < -0.4 is 5.32 Å². The molecule has 0 radical (unpaired) electrons. The molecule has 0 bridgehead atoms. The van der Waals surface area contributed by atoms with Crippen molar-refractivity contribution in [3.05, 3.63) is 32.4 Å². The van der Waals surface area contributed by atoms with Crippen LogP contribution in [0.15, 0.2) is 18.2 Å². The van der Waals surface area contributed by atoms with Crippen LogP contribution in [0.5, 0.6) is 0 Å². The van der Waals surface area contributed by atoms with Crippen LogP contribution in [0, 0.1) is 9.49 Å². The Labute approximate surface area is 127 Å². The van der Waals surface area contributed by atoms with Crippen molar-refractivity contribution in [1.29, 1.82) is 0 Å². The van der Waals surface area contributed by atoms with Crippen LogP contribution >= 0.6 is 34.2 Å². The van der Waals surface area contributed by atoms with Gasteiger partial charge < -0.3 is 5.32 Å². The maximum Gasteiger partial charge on any atom is 0.252 e. The average Bonchev–Trinajstić information content (AvgIpc) is 2.37. The van der Waals surface area contributed by atoms with Gasteiger partial charge >= 0.3 is 0 Å². The van der Waals surface area contributed by atoms with Crippen LogP contribution in [0.1, 0.15) is 42.5 Å². The first-order valence-corrected chi connectivity index (χ1v) is 7.86. The highest BCUT2D eigenvalue weighted by atomic mass is 127. The molecule has 0 unspecified atom stereocenters. The van der Waals surface area contributed by atoms with Crippen LogP contribution in [-0.4, -0.2) is 12.5 Å². The topological polar surface area (TPSA) is 29.1 Å². The zero-order valence-electron chi connectivity index (χ0n) is 10.2. The monoisotopic (exact) mass is 377 g/mol. The minimum Gasteiger partial charge on any atom is -0.352 e. The van der Waals surface area contributed by atoms with Gasteiger partial charge in [-0.2, -0.15) is 0 Å². The van der Waals surface area contributed by atoms with Gasteiger partial charge in [-0.05, 0) is 59.5 Å². The first-order valence-electron chi connectivity index (χ1n) is 6.40. The summed E-state index contributed by atoms with van der Waals surface area (Å²) in [4.78, 5) is 12.1. The zero-order chi connectivity index (χ0) is 13.0. The van der Waals surface area contributed by atoms with E-state index in [1.54, 1.807) is 12.1 Å². The summed E-state index contributed by atoms with van der Waals surface area (Å²) in [5.41, 5.74) is 0.718. The van der Waals surface area contributed by atoms with E-state index >= 15 is 0 Å². The highest BCUT2D eigenvalue weighted by molar-refractivity contribution is 14.1. The number of nitrogens with one attached hydrogen (secondary N) is 1. The second kappa shape index (κ2) is 6.75. The molecule has 1 fully saturated rings. The van der Waals surface area contributed by atoms with Crippen molar-refractivity contribution in [2.45, 2.75) is 32.1 Å². The van der Waals surface area contributed by atoms with E-state index < -0.39 is 0 Å². The molecule has 1 amide bonds.